The number of likely N-dealkylation sites (tertiary alicyclic amines) is 1. The molecule has 0 aromatic rings. The second kappa shape index (κ2) is 7.27. The predicted octanol–water partition coefficient (Wildman–Crippen LogP) is 3.93. The van der Waals surface area contributed by atoms with E-state index in [1.54, 1.807) is 0 Å². The second-order valence-electron chi connectivity index (χ2n) is 5.62. The molecule has 1 nitrogen and oxygen atoms in total. The lowest BCUT2D eigenvalue weighted by atomic mass is 9.92. The molecule has 0 aromatic carbocycles. The van der Waals surface area contributed by atoms with Crippen LogP contribution >= 0.6 is 0 Å². The highest BCUT2D eigenvalue weighted by atomic mass is 15.1. The van der Waals surface area contributed by atoms with E-state index in [2.05, 4.69) is 25.7 Å². The van der Waals surface area contributed by atoms with E-state index < -0.39 is 0 Å². The Bertz CT molecular complexity index is 145. The van der Waals surface area contributed by atoms with Gasteiger partial charge in [-0.1, -0.05) is 46.5 Å². The first-order valence-corrected chi connectivity index (χ1v) is 6.94. The Morgan fingerprint density at radius 2 is 1.53 bits per heavy atom. The fraction of sp³-hybridized carbons (Fsp3) is 1.00. The van der Waals surface area contributed by atoms with Gasteiger partial charge in [-0.05, 0) is 31.2 Å². The summed E-state index contributed by atoms with van der Waals surface area (Å²) in [7, 11) is 0. The molecule has 1 aliphatic rings. The fourth-order valence-corrected chi connectivity index (χ4v) is 2.91. The van der Waals surface area contributed by atoms with Crippen LogP contribution < -0.4 is 0 Å². The number of hydrogen-bond donors (Lipinski definition) is 0. The van der Waals surface area contributed by atoms with Crippen LogP contribution in [0.4, 0.5) is 0 Å². The summed E-state index contributed by atoms with van der Waals surface area (Å²) in [5.41, 5.74) is 0. The van der Waals surface area contributed by atoms with E-state index in [9.17, 15) is 0 Å². The van der Waals surface area contributed by atoms with Crippen LogP contribution in [0.5, 0.6) is 0 Å². The maximum atomic E-state index is 2.69. The third-order valence-electron chi connectivity index (χ3n) is 3.52. The van der Waals surface area contributed by atoms with Gasteiger partial charge in [-0.15, -0.1) is 0 Å². The van der Waals surface area contributed by atoms with E-state index in [0.717, 1.165) is 11.8 Å². The summed E-state index contributed by atoms with van der Waals surface area (Å²) in [6.07, 6.45) is 8.51. The molecule has 0 N–H and O–H groups in total. The fourth-order valence-electron chi connectivity index (χ4n) is 2.91. The van der Waals surface area contributed by atoms with Crippen LogP contribution in [0.1, 0.15) is 59.3 Å². The molecule has 0 aromatic heterocycles. The van der Waals surface area contributed by atoms with Crippen molar-refractivity contribution in [3.63, 3.8) is 0 Å². The quantitative estimate of drug-likeness (QED) is 0.602. The van der Waals surface area contributed by atoms with E-state index in [-0.39, 0.29) is 0 Å². The van der Waals surface area contributed by atoms with Gasteiger partial charge in [-0.3, -0.25) is 0 Å². The summed E-state index contributed by atoms with van der Waals surface area (Å²) in [6.45, 7) is 11.1. The van der Waals surface area contributed by atoms with E-state index >= 15 is 0 Å². The summed E-state index contributed by atoms with van der Waals surface area (Å²) in [5.74, 6) is 1.84. The van der Waals surface area contributed by atoms with Crippen LogP contribution in [0.15, 0.2) is 0 Å². The minimum Gasteiger partial charge on any atom is -0.303 e. The van der Waals surface area contributed by atoms with Gasteiger partial charge in [0.25, 0.3) is 0 Å². The van der Waals surface area contributed by atoms with Crippen LogP contribution in [0.25, 0.3) is 0 Å². The number of nitrogens with zero attached hydrogens (tertiary/aromatic N) is 1. The molecule has 1 heteroatoms. The zero-order valence-corrected chi connectivity index (χ0v) is 11.0. The third kappa shape index (κ3) is 5.55. The minimum absolute atomic E-state index is 0.921. The molecule has 15 heavy (non-hydrogen) atoms. The van der Waals surface area contributed by atoms with E-state index in [4.69, 9.17) is 0 Å². The van der Waals surface area contributed by atoms with Gasteiger partial charge in [-0.25, -0.2) is 0 Å². The van der Waals surface area contributed by atoms with Gasteiger partial charge >= 0.3 is 0 Å². The number of rotatable bonds is 6. The smallest absolute Gasteiger partial charge is 0.000724 e. The molecule has 0 spiro atoms. The van der Waals surface area contributed by atoms with Crippen molar-refractivity contribution in [2.45, 2.75) is 59.3 Å². The van der Waals surface area contributed by atoms with Crippen LogP contribution in [-0.2, 0) is 0 Å². The van der Waals surface area contributed by atoms with Gasteiger partial charge in [-0.2, -0.15) is 0 Å². The molecule has 2 unspecified atom stereocenters. The van der Waals surface area contributed by atoms with Crippen LogP contribution in [0.2, 0.25) is 0 Å². The van der Waals surface area contributed by atoms with Gasteiger partial charge in [0.05, 0.1) is 0 Å². The Balaban J connectivity index is 2.04. The summed E-state index contributed by atoms with van der Waals surface area (Å²) in [5, 5.41) is 0. The maximum absolute atomic E-state index is 2.69. The number of hydrogen-bond acceptors (Lipinski definition) is 1. The lowest BCUT2D eigenvalue weighted by Crippen LogP contribution is -2.39. The van der Waals surface area contributed by atoms with Crippen molar-refractivity contribution in [2.24, 2.45) is 11.8 Å². The average molecular weight is 211 g/mol. The zero-order chi connectivity index (χ0) is 11.1. The molecule has 0 amide bonds. The van der Waals surface area contributed by atoms with Crippen molar-refractivity contribution in [1.82, 2.24) is 4.90 Å². The van der Waals surface area contributed by atoms with Gasteiger partial charge in [0.15, 0.2) is 0 Å². The number of piperidine rings is 1. The highest BCUT2D eigenvalue weighted by Crippen LogP contribution is 2.21. The average Bonchev–Trinajstić information content (AvgIpc) is 2.16. The lowest BCUT2D eigenvalue weighted by Gasteiger charge is -2.34. The van der Waals surface area contributed by atoms with Gasteiger partial charge < -0.3 is 4.90 Å². The molecule has 2 atom stereocenters. The van der Waals surface area contributed by atoms with Crippen molar-refractivity contribution in [1.29, 1.82) is 0 Å². The van der Waals surface area contributed by atoms with E-state index in [1.165, 1.54) is 58.2 Å². The largest absolute Gasteiger partial charge is 0.303 e. The van der Waals surface area contributed by atoms with Crippen molar-refractivity contribution < 1.29 is 0 Å². The molecule has 90 valence electrons. The molecular weight excluding hydrogens is 182 g/mol. The molecule has 0 bridgehead atoms. The first-order chi connectivity index (χ1) is 7.22. The number of unbranched alkanes of at least 4 members (excludes halogenated alkanes) is 4. The van der Waals surface area contributed by atoms with Crippen LogP contribution in [0.3, 0.4) is 0 Å². The molecule has 1 heterocycles. The Morgan fingerprint density at radius 1 is 0.933 bits per heavy atom. The van der Waals surface area contributed by atoms with Gasteiger partial charge in [0.1, 0.15) is 0 Å². The van der Waals surface area contributed by atoms with Gasteiger partial charge in [0.2, 0.25) is 0 Å². The second-order valence-corrected chi connectivity index (χ2v) is 5.62. The van der Waals surface area contributed by atoms with Crippen LogP contribution in [-0.4, -0.2) is 24.5 Å². The lowest BCUT2D eigenvalue weighted by molar-refractivity contribution is 0.138. The summed E-state index contributed by atoms with van der Waals surface area (Å²) >= 11 is 0. The molecule has 1 rings (SSSR count). The van der Waals surface area contributed by atoms with Crippen LogP contribution in [0, 0.1) is 11.8 Å². The van der Waals surface area contributed by atoms with Crippen molar-refractivity contribution in [3.8, 4) is 0 Å². The van der Waals surface area contributed by atoms with Crippen molar-refractivity contribution in [3.05, 3.63) is 0 Å². The Hall–Kier alpha value is -0.0400. The maximum Gasteiger partial charge on any atom is 0.000724 e. The Kier molecular flexibility index (Phi) is 6.31. The first-order valence-electron chi connectivity index (χ1n) is 6.94. The summed E-state index contributed by atoms with van der Waals surface area (Å²) in [4.78, 5) is 2.69. The SMILES string of the molecule is CCCCCCCN1CC(C)CC(C)C1. The normalized spacial score (nSPS) is 28.2. The molecule has 1 fully saturated rings. The molecule has 0 aliphatic carbocycles. The minimum atomic E-state index is 0.921. The van der Waals surface area contributed by atoms with E-state index in [1.807, 2.05) is 0 Å². The molecule has 1 saturated heterocycles. The molecular formula is C14H29N. The molecule has 0 radical (unpaired) electrons. The Morgan fingerprint density at radius 3 is 2.13 bits per heavy atom. The first kappa shape index (κ1) is 13.0. The molecule has 1 aliphatic heterocycles. The highest BCUT2D eigenvalue weighted by molar-refractivity contribution is 4.74. The van der Waals surface area contributed by atoms with Gasteiger partial charge in [0, 0.05) is 13.1 Å². The predicted molar refractivity (Wildman–Crippen MR) is 68.1 cm³/mol. The molecule has 0 saturated carbocycles. The highest BCUT2D eigenvalue weighted by Gasteiger charge is 2.20. The Labute approximate surface area is 96.2 Å². The third-order valence-corrected chi connectivity index (χ3v) is 3.52. The van der Waals surface area contributed by atoms with Crippen molar-refractivity contribution in [2.75, 3.05) is 19.6 Å². The summed E-state index contributed by atoms with van der Waals surface area (Å²) in [6, 6.07) is 0. The summed E-state index contributed by atoms with van der Waals surface area (Å²) < 4.78 is 0. The zero-order valence-electron chi connectivity index (χ0n) is 11.0. The monoisotopic (exact) mass is 211 g/mol. The van der Waals surface area contributed by atoms with E-state index in [0.29, 0.717) is 0 Å². The van der Waals surface area contributed by atoms with Crippen molar-refractivity contribution >= 4 is 0 Å². The topological polar surface area (TPSA) is 3.24 Å². The standard InChI is InChI=1S/C14H29N/c1-4-5-6-7-8-9-15-11-13(2)10-14(3)12-15/h13-14H,4-12H2,1-3H3.